The van der Waals surface area contributed by atoms with Gasteiger partial charge in [0.1, 0.15) is 5.78 Å². The molecule has 0 saturated heterocycles. The van der Waals surface area contributed by atoms with E-state index in [1.807, 2.05) is 0 Å². The summed E-state index contributed by atoms with van der Waals surface area (Å²) in [7, 11) is 0. The van der Waals surface area contributed by atoms with Gasteiger partial charge in [0.2, 0.25) is 0 Å². The molecular formula is C11H9F5O. The molecular weight excluding hydrogens is 243 g/mol. The zero-order valence-corrected chi connectivity index (χ0v) is 8.81. The van der Waals surface area contributed by atoms with Crippen molar-refractivity contribution in [1.29, 1.82) is 0 Å². The molecule has 6 heteroatoms. The number of ketones is 1. The van der Waals surface area contributed by atoms with Crippen molar-refractivity contribution in [2.75, 3.05) is 0 Å². The van der Waals surface area contributed by atoms with E-state index in [1.54, 1.807) is 0 Å². The molecule has 0 aliphatic carbocycles. The van der Waals surface area contributed by atoms with E-state index in [0.717, 1.165) is 19.1 Å². The number of rotatable bonds is 3. The van der Waals surface area contributed by atoms with Gasteiger partial charge in [-0.05, 0) is 19.1 Å². The number of hydrogen-bond acceptors (Lipinski definition) is 1. The van der Waals surface area contributed by atoms with Crippen LogP contribution in [0.4, 0.5) is 22.0 Å². The van der Waals surface area contributed by atoms with Crippen LogP contribution in [0.5, 0.6) is 0 Å². The minimum absolute atomic E-state index is 0.364. The molecule has 0 spiro atoms. The summed E-state index contributed by atoms with van der Waals surface area (Å²) in [6.07, 6.45) is -5.78. The highest BCUT2D eigenvalue weighted by Gasteiger charge is 2.36. The molecule has 1 aromatic rings. The van der Waals surface area contributed by atoms with E-state index < -0.39 is 35.4 Å². The first-order valence-electron chi connectivity index (χ1n) is 4.68. The van der Waals surface area contributed by atoms with Gasteiger partial charge in [-0.25, -0.2) is 8.78 Å². The van der Waals surface area contributed by atoms with Gasteiger partial charge in [-0.1, -0.05) is 12.1 Å². The Balaban J connectivity index is 3.11. The highest BCUT2D eigenvalue weighted by atomic mass is 19.4. The lowest BCUT2D eigenvalue weighted by Gasteiger charge is -2.16. The van der Waals surface area contributed by atoms with Crippen molar-refractivity contribution >= 4 is 5.78 Å². The maximum absolute atomic E-state index is 13.4. The molecule has 1 rings (SSSR count). The van der Waals surface area contributed by atoms with Crippen molar-refractivity contribution in [2.24, 2.45) is 0 Å². The molecule has 0 radical (unpaired) electrons. The minimum atomic E-state index is -4.68. The average molecular weight is 252 g/mol. The van der Waals surface area contributed by atoms with Crippen LogP contribution in [0.25, 0.3) is 0 Å². The molecule has 0 aliphatic heterocycles. The van der Waals surface area contributed by atoms with Crippen LogP contribution < -0.4 is 0 Å². The second-order valence-electron chi connectivity index (χ2n) is 3.66. The van der Waals surface area contributed by atoms with E-state index >= 15 is 0 Å². The van der Waals surface area contributed by atoms with E-state index in [2.05, 4.69) is 0 Å². The number of alkyl halides is 5. The third kappa shape index (κ3) is 3.51. The zero-order chi connectivity index (χ0) is 13.3. The highest BCUT2D eigenvalue weighted by molar-refractivity contribution is 5.76. The Morgan fingerprint density at radius 3 is 2.12 bits per heavy atom. The van der Waals surface area contributed by atoms with Crippen molar-refractivity contribution in [3.8, 4) is 0 Å². The summed E-state index contributed by atoms with van der Waals surface area (Å²) in [5.74, 6) is -4.36. The van der Waals surface area contributed by atoms with Crippen LogP contribution >= 0.6 is 0 Å². The molecule has 0 atom stereocenters. The fourth-order valence-electron chi connectivity index (χ4n) is 1.34. The summed E-state index contributed by atoms with van der Waals surface area (Å²) in [6, 6.07) is 2.83. The zero-order valence-electron chi connectivity index (χ0n) is 8.81. The lowest BCUT2D eigenvalue weighted by Crippen LogP contribution is -2.18. The van der Waals surface area contributed by atoms with Gasteiger partial charge in [0.05, 0.1) is 12.0 Å². The predicted molar refractivity (Wildman–Crippen MR) is 50.6 cm³/mol. The average Bonchev–Trinajstić information content (AvgIpc) is 2.14. The van der Waals surface area contributed by atoms with E-state index in [9.17, 15) is 26.7 Å². The minimum Gasteiger partial charge on any atom is -0.300 e. The van der Waals surface area contributed by atoms with Crippen LogP contribution in [-0.2, 0) is 16.9 Å². The molecule has 94 valence electrons. The van der Waals surface area contributed by atoms with Gasteiger partial charge in [-0.2, -0.15) is 13.2 Å². The molecule has 0 amide bonds. The second kappa shape index (κ2) is 4.43. The van der Waals surface area contributed by atoms with Crippen LogP contribution in [0, 0.1) is 0 Å². The van der Waals surface area contributed by atoms with Gasteiger partial charge in [-0.3, -0.25) is 4.79 Å². The molecule has 1 nitrogen and oxygen atoms in total. The largest absolute Gasteiger partial charge is 0.416 e. The monoisotopic (exact) mass is 252 g/mol. The predicted octanol–water partition coefficient (Wildman–Crippen LogP) is 3.78. The van der Waals surface area contributed by atoms with Crippen molar-refractivity contribution in [3.05, 3.63) is 35.4 Å². The van der Waals surface area contributed by atoms with Crippen molar-refractivity contribution in [1.82, 2.24) is 0 Å². The SMILES string of the molecule is CC(=O)CC(F)(F)c1cccc(C(F)(F)F)c1. The fraction of sp³-hybridized carbons (Fsp3) is 0.364. The van der Waals surface area contributed by atoms with Gasteiger partial charge >= 0.3 is 6.18 Å². The number of carbonyl (C=O) groups excluding carboxylic acids is 1. The highest BCUT2D eigenvalue weighted by Crippen LogP contribution is 2.36. The summed E-state index contributed by atoms with van der Waals surface area (Å²) in [5.41, 5.74) is -1.96. The molecule has 0 fully saturated rings. The maximum atomic E-state index is 13.4. The van der Waals surface area contributed by atoms with Crippen molar-refractivity contribution in [3.63, 3.8) is 0 Å². The van der Waals surface area contributed by atoms with Gasteiger partial charge in [0.15, 0.2) is 0 Å². The standard InChI is InChI=1S/C11H9F5O/c1-7(17)6-10(12,13)8-3-2-4-9(5-8)11(14,15)16/h2-5H,6H2,1H3. The third-order valence-corrected chi connectivity index (χ3v) is 2.08. The first kappa shape index (κ1) is 13.6. The van der Waals surface area contributed by atoms with Crippen molar-refractivity contribution in [2.45, 2.75) is 25.4 Å². The van der Waals surface area contributed by atoms with Gasteiger partial charge < -0.3 is 0 Å². The van der Waals surface area contributed by atoms with E-state index in [-0.39, 0.29) is 0 Å². The first-order valence-corrected chi connectivity index (χ1v) is 4.68. The summed E-state index contributed by atoms with van der Waals surface area (Å²) in [6.45, 7) is 0.960. The Labute approximate surface area is 94.2 Å². The lowest BCUT2D eigenvalue weighted by atomic mass is 10.0. The van der Waals surface area contributed by atoms with Crippen LogP contribution in [0.1, 0.15) is 24.5 Å². The number of carbonyl (C=O) groups is 1. The smallest absolute Gasteiger partial charge is 0.300 e. The number of Topliss-reactive ketones (excluding diaryl/α,β-unsaturated/α-hetero) is 1. The van der Waals surface area contributed by atoms with E-state index in [1.165, 1.54) is 0 Å². The molecule has 0 aromatic heterocycles. The molecule has 0 bridgehead atoms. The number of halogens is 5. The summed E-state index contributed by atoms with van der Waals surface area (Å²) >= 11 is 0. The quantitative estimate of drug-likeness (QED) is 0.748. The van der Waals surface area contributed by atoms with Gasteiger partial charge in [0, 0.05) is 5.56 Å². The van der Waals surface area contributed by atoms with Crippen LogP contribution in [-0.4, -0.2) is 5.78 Å². The van der Waals surface area contributed by atoms with Crippen LogP contribution in [0.15, 0.2) is 24.3 Å². The molecule has 0 saturated carbocycles. The summed E-state index contributed by atoms with van der Waals surface area (Å²) in [4.78, 5) is 10.6. The first-order chi connectivity index (χ1) is 7.63. The topological polar surface area (TPSA) is 17.1 Å². The van der Waals surface area contributed by atoms with Gasteiger partial charge in [-0.15, -0.1) is 0 Å². The molecule has 0 heterocycles. The lowest BCUT2D eigenvalue weighted by molar-refractivity contribution is -0.137. The number of hydrogen-bond donors (Lipinski definition) is 0. The maximum Gasteiger partial charge on any atom is 0.416 e. The third-order valence-electron chi connectivity index (χ3n) is 2.08. The van der Waals surface area contributed by atoms with Crippen molar-refractivity contribution < 1.29 is 26.7 Å². The summed E-state index contributed by atoms with van der Waals surface area (Å²) < 4.78 is 63.7. The normalized spacial score (nSPS) is 12.6. The van der Waals surface area contributed by atoms with E-state index in [4.69, 9.17) is 0 Å². The fourth-order valence-corrected chi connectivity index (χ4v) is 1.34. The summed E-state index contributed by atoms with van der Waals surface area (Å²) in [5, 5.41) is 0. The Bertz CT molecular complexity index is 422. The van der Waals surface area contributed by atoms with E-state index in [0.29, 0.717) is 12.1 Å². The molecule has 0 N–H and O–H groups in total. The molecule has 1 aromatic carbocycles. The van der Waals surface area contributed by atoms with Crippen LogP contribution in [0.3, 0.4) is 0 Å². The Kier molecular flexibility index (Phi) is 3.54. The Morgan fingerprint density at radius 2 is 1.65 bits per heavy atom. The Hall–Kier alpha value is -1.46. The van der Waals surface area contributed by atoms with Gasteiger partial charge in [0.25, 0.3) is 5.92 Å². The Morgan fingerprint density at radius 1 is 1.12 bits per heavy atom. The molecule has 0 unspecified atom stereocenters. The molecule has 17 heavy (non-hydrogen) atoms. The second-order valence-corrected chi connectivity index (χ2v) is 3.66. The number of benzene rings is 1. The molecule has 0 aliphatic rings. The van der Waals surface area contributed by atoms with Crippen LogP contribution in [0.2, 0.25) is 0 Å².